The van der Waals surface area contributed by atoms with Gasteiger partial charge in [-0.25, -0.2) is 0 Å². The molecule has 0 unspecified atom stereocenters. The number of hydrogen-bond acceptors (Lipinski definition) is 2. The van der Waals surface area contributed by atoms with E-state index < -0.39 is 0 Å². The molecular formula is C17H26Cl2NOTi-. The number of halogens is 2. The molecule has 1 aliphatic rings. The molecule has 1 N–H and O–H groups in total. The molecular weight excluding hydrogens is 353 g/mol. The molecule has 0 bridgehead atoms. The third kappa shape index (κ3) is 11.5. The number of likely N-dealkylation sites (N-methyl/N-ethyl adjacent to an activating group) is 1. The molecule has 22 heavy (non-hydrogen) atoms. The van der Waals surface area contributed by atoms with Gasteiger partial charge in [0.05, 0.1) is 0 Å². The normalized spacial score (nSPS) is 12.1. The summed E-state index contributed by atoms with van der Waals surface area (Å²) >= 11 is 0. The molecule has 2 nitrogen and oxygen atoms in total. The van der Waals surface area contributed by atoms with E-state index in [1.165, 1.54) is 16.7 Å². The average molecular weight is 379 g/mol. The maximum absolute atomic E-state index is 8.06. The molecule has 0 aromatic heterocycles. The molecule has 0 radical (unpaired) electrons. The third-order valence-corrected chi connectivity index (χ3v) is 2.50. The molecule has 0 amide bonds. The number of allylic oxidation sites excluding steroid dienone is 2. The summed E-state index contributed by atoms with van der Waals surface area (Å²) in [5, 5.41) is 8.06. The fraction of sp³-hybridized carbons (Fsp3) is 0.412. The van der Waals surface area contributed by atoms with Gasteiger partial charge in [0, 0.05) is 34.4 Å². The second kappa shape index (κ2) is 14.5. The molecule has 0 saturated heterocycles. The van der Waals surface area contributed by atoms with Crippen molar-refractivity contribution in [1.82, 2.24) is 4.90 Å². The van der Waals surface area contributed by atoms with Crippen LogP contribution in [0.2, 0.25) is 0 Å². The van der Waals surface area contributed by atoms with Crippen LogP contribution >= 0.6 is 24.8 Å². The first-order valence-electron chi connectivity index (χ1n) is 6.68. The monoisotopic (exact) mass is 378 g/mol. The number of aliphatic hydroxyl groups excluding tert-OH is 1. The van der Waals surface area contributed by atoms with Crippen LogP contribution in [0.4, 0.5) is 0 Å². The van der Waals surface area contributed by atoms with Gasteiger partial charge in [-0.05, 0) is 39.9 Å². The molecule has 5 heteroatoms. The van der Waals surface area contributed by atoms with Crippen molar-refractivity contribution in [2.24, 2.45) is 0 Å². The summed E-state index contributed by atoms with van der Waals surface area (Å²) in [6, 6.07) is 11.4. The van der Waals surface area contributed by atoms with Gasteiger partial charge in [-0.2, -0.15) is 0 Å². The zero-order valence-electron chi connectivity index (χ0n) is 13.7. The van der Waals surface area contributed by atoms with Gasteiger partial charge in [0.1, 0.15) is 0 Å². The number of nitrogens with zero attached hydrogens (tertiary/aromatic N) is 1. The Labute approximate surface area is 162 Å². The van der Waals surface area contributed by atoms with Crippen molar-refractivity contribution < 1.29 is 26.8 Å². The maximum Gasteiger partial charge on any atom is 0.0483 e. The zero-order chi connectivity index (χ0) is 14.3. The topological polar surface area (TPSA) is 23.5 Å². The third-order valence-electron chi connectivity index (χ3n) is 2.50. The molecule has 1 aromatic rings. The van der Waals surface area contributed by atoms with Crippen LogP contribution in [0.15, 0.2) is 42.0 Å². The van der Waals surface area contributed by atoms with E-state index in [9.17, 15) is 0 Å². The van der Waals surface area contributed by atoms with Gasteiger partial charge < -0.3 is 10.0 Å². The van der Waals surface area contributed by atoms with E-state index >= 15 is 0 Å². The van der Waals surface area contributed by atoms with E-state index in [-0.39, 0.29) is 52.6 Å². The van der Waals surface area contributed by atoms with E-state index in [1.54, 1.807) is 13.8 Å². The SMILES string of the molecule is CC(C)O.CN(C)CC1=CCC(c2[c-]cccc2)=C1.Cl.Cl.[Ti]. The molecule has 0 aliphatic heterocycles. The van der Waals surface area contributed by atoms with Gasteiger partial charge >= 0.3 is 0 Å². The summed E-state index contributed by atoms with van der Waals surface area (Å²) in [6.07, 6.45) is 5.46. The van der Waals surface area contributed by atoms with Crippen molar-refractivity contribution in [3.63, 3.8) is 0 Å². The molecule has 0 saturated carbocycles. The van der Waals surface area contributed by atoms with Gasteiger partial charge in [0.2, 0.25) is 0 Å². The van der Waals surface area contributed by atoms with Crippen LogP contribution in [0, 0.1) is 6.07 Å². The predicted octanol–water partition coefficient (Wildman–Crippen LogP) is 3.99. The molecule has 1 aromatic carbocycles. The minimum atomic E-state index is -0.167. The minimum absolute atomic E-state index is 0. The van der Waals surface area contributed by atoms with Crippen LogP contribution in [0.5, 0.6) is 0 Å². The molecule has 1 aliphatic carbocycles. The fourth-order valence-corrected chi connectivity index (χ4v) is 1.84. The van der Waals surface area contributed by atoms with Crippen LogP contribution in [0.25, 0.3) is 5.57 Å². The first-order valence-corrected chi connectivity index (χ1v) is 6.68. The average Bonchev–Trinajstić information content (AvgIpc) is 2.77. The van der Waals surface area contributed by atoms with E-state index in [4.69, 9.17) is 5.11 Å². The Kier molecular flexibility index (Phi) is 17.7. The van der Waals surface area contributed by atoms with Crippen LogP contribution in [-0.4, -0.2) is 36.8 Å². The maximum atomic E-state index is 8.06. The Bertz CT molecular complexity index is 442. The minimum Gasteiger partial charge on any atom is -0.394 e. The van der Waals surface area contributed by atoms with Gasteiger partial charge in [-0.1, -0.05) is 12.2 Å². The smallest absolute Gasteiger partial charge is 0.0483 e. The number of benzene rings is 1. The second-order valence-electron chi connectivity index (χ2n) is 5.26. The first kappa shape index (κ1) is 26.8. The Hall–Kier alpha value is -0.0857. The largest absolute Gasteiger partial charge is 0.394 e. The predicted molar refractivity (Wildman–Crippen MR) is 96.4 cm³/mol. The van der Waals surface area contributed by atoms with Crippen molar-refractivity contribution >= 4 is 30.4 Å². The standard InChI is InChI=1S/C14H16N.C3H8O.2ClH.Ti/c1-15(2)11-12-8-9-14(10-12)13-6-4-3-5-7-13;1-3(2)4;;;/h3-6,8,10H,9,11H2,1-2H3;3-4H,1-2H3;2*1H;/q-1;;;;. The zero-order valence-corrected chi connectivity index (χ0v) is 16.9. The first-order chi connectivity index (χ1) is 8.99. The van der Waals surface area contributed by atoms with Crippen molar-refractivity contribution in [2.75, 3.05) is 20.6 Å². The van der Waals surface area contributed by atoms with E-state index in [2.05, 4.69) is 49.3 Å². The fourth-order valence-electron chi connectivity index (χ4n) is 1.84. The van der Waals surface area contributed by atoms with Crippen LogP contribution in [0.3, 0.4) is 0 Å². The Morgan fingerprint density at radius 2 is 1.82 bits per heavy atom. The summed E-state index contributed by atoms with van der Waals surface area (Å²) < 4.78 is 0. The summed E-state index contributed by atoms with van der Waals surface area (Å²) in [6.45, 7) is 4.47. The molecule has 2 rings (SSSR count). The van der Waals surface area contributed by atoms with Crippen molar-refractivity contribution in [3.05, 3.63) is 53.6 Å². The van der Waals surface area contributed by atoms with Crippen molar-refractivity contribution in [1.29, 1.82) is 0 Å². The summed E-state index contributed by atoms with van der Waals surface area (Å²) in [4.78, 5) is 2.19. The molecule has 0 spiro atoms. The number of aliphatic hydroxyl groups is 1. The Balaban J connectivity index is -0.000000466. The van der Waals surface area contributed by atoms with Crippen LogP contribution in [0.1, 0.15) is 25.8 Å². The Morgan fingerprint density at radius 1 is 1.23 bits per heavy atom. The van der Waals surface area contributed by atoms with Gasteiger partial charge in [0.25, 0.3) is 0 Å². The molecule has 0 heterocycles. The van der Waals surface area contributed by atoms with Gasteiger partial charge in [-0.3, -0.25) is 0 Å². The van der Waals surface area contributed by atoms with E-state index in [0.717, 1.165) is 13.0 Å². The molecule has 0 fully saturated rings. The molecule has 0 atom stereocenters. The van der Waals surface area contributed by atoms with Crippen LogP contribution in [-0.2, 0) is 21.7 Å². The number of hydrogen-bond donors (Lipinski definition) is 1. The van der Waals surface area contributed by atoms with Gasteiger partial charge in [-0.15, -0.1) is 66.3 Å². The summed E-state index contributed by atoms with van der Waals surface area (Å²) in [5.74, 6) is 0. The van der Waals surface area contributed by atoms with E-state index in [0.29, 0.717) is 0 Å². The van der Waals surface area contributed by atoms with Gasteiger partial charge in [0.15, 0.2) is 0 Å². The second-order valence-corrected chi connectivity index (χ2v) is 5.26. The Morgan fingerprint density at radius 3 is 2.27 bits per heavy atom. The van der Waals surface area contributed by atoms with Crippen molar-refractivity contribution in [3.8, 4) is 0 Å². The molecule has 124 valence electrons. The quantitative estimate of drug-likeness (QED) is 0.634. The summed E-state index contributed by atoms with van der Waals surface area (Å²) in [7, 11) is 4.20. The van der Waals surface area contributed by atoms with Crippen molar-refractivity contribution in [2.45, 2.75) is 26.4 Å². The number of rotatable bonds is 3. The van der Waals surface area contributed by atoms with Crippen LogP contribution < -0.4 is 0 Å². The van der Waals surface area contributed by atoms with E-state index in [1.807, 2.05) is 12.1 Å². The summed E-state index contributed by atoms with van der Waals surface area (Å²) in [5.41, 5.74) is 4.02.